The van der Waals surface area contributed by atoms with Crippen LogP contribution in [0.2, 0.25) is 0 Å². The van der Waals surface area contributed by atoms with Gasteiger partial charge < -0.3 is 5.32 Å². The number of nitrogens with one attached hydrogen (secondary N) is 1. The highest BCUT2D eigenvalue weighted by Gasteiger charge is 2.12. The largest absolute Gasteiger partial charge is 0.311 e. The monoisotopic (exact) mass is 254 g/mol. The van der Waals surface area contributed by atoms with Gasteiger partial charge in [-0.05, 0) is 24.0 Å². The average molecular weight is 254 g/mol. The second-order valence-electron chi connectivity index (χ2n) is 3.91. The summed E-state index contributed by atoms with van der Waals surface area (Å²) >= 11 is 3.04. The number of nitrogens with zero attached hydrogens (tertiary/aromatic N) is 3. The van der Waals surface area contributed by atoms with Crippen LogP contribution in [-0.2, 0) is 6.54 Å². The molecule has 2 aromatic heterocycles. The summed E-state index contributed by atoms with van der Waals surface area (Å²) in [6, 6.07) is 0. The Balaban J connectivity index is 2.03. The molecular weight excluding hydrogens is 240 g/mol. The molecule has 86 valence electrons. The maximum Gasteiger partial charge on any atom is 0.144 e. The van der Waals surface area contributed by atoms with E-state index < -0.39 is 0 Å². The highest BCUT2D eigenvalue weighted by molar-refractivity contribution is 7.13. The number of hydrogen-bond donors (Lipinski definition) is 1. The van der Waals surface area contributed by atoms with E-state index in [0.717, 1.165) is 28.7 Å². The van der Waals surface area contributed by atoms with Gasteiger partial charge in [-0.1, -0.05) is 18.3 Å². The molecule has 0 aliphatic rings. The van der Waals surface area contributed by atoms with Crippen molar-refractivity contribution in [1.29, 1.82) is 0 Å². The quantitative estimate of drug-likeness (QED) is 0.890. The van der Waals surface area contributed by atoms with Gasteiger partial charge in [-0.3, -0.25) is 0 Å². The van der Waals surface area contributed by atoms with E-state index in [4.69, 9.17) is 0 Å². The Morgan fingerprint density at radius 2 is 2.31 bits per heavy atom. The SMILES string of the molecule is CC(C)CNCc1snnc1-c1nccs1. The van der Waals surface area contributed by atoms with Crippen molar-refractivity contribution in [2.75, 3.05) is 6.54 Å². The molecule has 0 amide bonds. The van der Waals surface area contributed by atoms with Gasteiger partial charge in [0, 0.05) is 18.1 Å². The zero-order valence-electron chi connectivity index (χ0n) is 9.30. The Morgan fingerprint density at radius 3 is 3.00 bits per heavy atom. The Labute approximate surface area is 103 Å². The second kappa shape index (κ2) is 5.47. The van der Waals surface area contributed by atoms with E-state index in [1.807, 2.05) is 5.38 Å². The van der Waals surface area contributed by atoms with Gasteiger partial charge in [-0.15, -0.1) is 16.4 Å². The number of aromatic nitrogens is 3. The third kappa shape index (κ3) is 2.84. The molecule has 2 aromatic rings. The topological polar surface area (TPSA) is 50.7 Å². The van der Waals surface area contributed by atoms with Gasteiger partial charge in [-0.25, -0.2) is 4.98 Å². The Kier molecular flexibility index (Phi) is 3.98. The summed E-state index contributed by atoms with van der Waals surface area (Å²) in [7, 11) is 0. The minimum Gasteiger partial charge on any atom is -0.311 e. The lowest BCUT2D eigenvalue weighted by molar-refractivity contribution is 0.555. The fourth-order valence-corrected chi connectivity index (χ4v) is 2.63. The lowest BCUT2D eigenvalue weighted by Crippen LogP contribution is -2.18. The van der Waals surface area contributed by atoms with E-state index >= 15 is 0 Å². The van der Waals surface area contributed by atoms with Crippen LogP contribution in [-0.4, -0.2) is 21.1 Å². The molecule has 2 heterocycles. The van der Waals surface area contributed by atoms with Gasteiger partial charge in [-0.2, -0.15) is 0 Å². The standard InChI is InChI=1S/C10H14N4S2/c1-7(2)5-11-6-8-9(13-14-16-8)10-12-3-4-15-10/h3-4,7,11H,5-6H2,1-2H3. The molecule has 1 N–H and O–H groups in total. The van der Waals surface area contributed by atoms with Crippen LogP contribution in [0.25, 0.3) is 10.7 Å². The van der Waals surface area contributed by atoms with Crippen molar-refractivity contribution in [2.45, 2.75) is 20.4 Å². The van der Waals surface area contributed by atoms with Crippen molar-refractivity contribution in [3.05, 3.63) is 16.5 Å². The van der Waals surface area contributed by atoms with Gasteiger partial charge in [0.25, 0.3) is 0 Å². The van der Waals surface area contributed by atoms with Crippen LogP contribution in [0.15, 0.2) is 11.6 Å². The van der Waals surface area contributed by atoms with Gasteiger partial charge >= 0.3 is 0 Å². The third-order valence-electron chi connectivity index (χ3n) is 2.03. The second-order valence-corrected chi connectivity index (χ2v) is 5.64. The smallest absolute Gasteiger partial charge is 0.144 e. The summed E-state index contributed by atoms with van der Waals surface area (Å²) in [5.74, 6) is 0.657. The maximum absolute atomic E-state index is 4.26. The van der Waals surface area contributed by atoms with E-state index in [-0.39, 0.29) is 0 Å². The van der Waals surface area contributed by atoms with Crippen molar-refractivity contribution in [3.8, 4) is 10.7 Å². The molecule has 0 radical (unpaired) electrons. The van der Waals surface area contributed by atoms with Crippen molar-refractivity contribution < 1.29 is 0 Å². The van der Waals surface area contributed by atoms with Crippen molar-refractivity contribution >= 4 is 22.9 Å². The predicted octanol–water partition coefficient (Wildman–Crippen LogP) is 2.41. The molecule has 0 aromatic carbocycles. The summed E-state index contributed by atoms with van der Waals surface area (Å²) in [6.07, 6.45) is 1.80. The zero-order chi connectivity index (χ0) is 11.4. The summed E-state index contributed by atoms with van der Waals surface area (Å²) in [4.78, 5) is 5.42. The predicted molar refractivity (Wildman–Crippen MR) is 67.6 cm³/mol. The first-order valence-electron chi connectivity index (χ1n) is 5.19. The highest BCUT2D eigenvalue weighted by atomic mass is 32.1. The fraction of sp³-hybridized carbons (Fsp3) is 0.500. The van der Waals surface area contributed by atoms with Crippen LogP contribution in [0, 0.1) is 5.92 Å². The summed E-state index contributed by atoms with van der Waals surface area (Å²) in [6.45, 7) is 6.22. The molecule has 0 saturated heterocycles. The molecule has 2 rings (SSSR count). The van der Waals surface area contributed by atoms with Crippen LogP contribution in [0.4, 0.5) is 0 Å². The number of thiazole rings is 1. The van der Waals surface area contributed by atoms with Gasteiger partial charge in [0.05, 0.1) is 4.88 Å². The molecule has 0 unspecified atom stereocenters. The summed E-state index contributed by atoms with van der Waals surface area (Å²) in [5, 5.41) is 10.4. The minimum atomic E-state index is 0.657. The number of hydrogen-bond acceptors (Lipinski definition) is 6. The average Bonchev–Trinajstić information content (AvgIpc) is 2.84. The van der Waals surface area contributed by atoms with E-state index in [0.29, 0.717) is 5.92 Å². The van der Waals surface area contributed by atoms with Gasteiger partial charge in [0.1, 0.15) is 10.7 Å². The van der Waals surface area contributed by atoms with E-state index in [9.17, 15) is 0 Å². The van der Waals surface area contributed by atoms with Crippen LogP contribution < -0.4 is 5.32 Å². The molecule has 0 aliphatic heterocycles. The summed E-state index contributed by atoms with van der Waals surface area (Å²) in [5.41, 5.74) is 0.927. The number of rotatable bonds is 5. The Hall–Kier alpha value is -0.850. The van der Waals surface area contributed by atoms with E-state index in [1.54, 1.807) is 17.5 Å². The van der Waals surface area contributed by atoms with Crippen LogP contribution in [0.1, 0.15) is 18.7 Å². The molecule has 0 saturated carbocycles. The van der Waals surface area contributed by atoms with Crippen molar-refractivity contribution in [2.24, 2.45) is 5.92 Å². The van der Waals surface area contributed by atoms with Crippen LogP contribution >= 0.6 is 22.9 Å². The van der Waals surface area contributed by atoms with Crippen LogP contribution in [0.3, 0.4) is 0 Å². The molecule has 4 nitrogen and oxygen atoms in total. The van der Waals surface area contributed by atoms with E-state index in [2.05, 4.69) is 33.7 Å². The molecule has 0 bridgehead atoms. The molecule has 0 atom stereocenters. The fourth-order valence-electron chi connectivity index (χ4n) is 1.30. The van der Waals surface area contributed by atoms with Crippen molar-refractivity contribution in [1.82, 2.24) is 19.9 Å². The Morgan fingerprint density at radius 1 is 1.44 bits per heavy atom. The third-order valence-corrected chi connectivity index (χ3v) is 3.53. The first kappa shape index (κ1) is 11.6. The zero-order valence-corrected chi connectivity index (χ0v) is 10.9. The molecule has 0 aliphatic carbocycles. The highest BCUT2D eigenvalue weighted by Crippen LogP contribution is 2.25. The normalized spacial score (nSPS) is 11.2. The lowest BCUT2D eigenvalue weighted by Gasteiger charge is -2.05. The summed E-state index contributed by atoms with van der Waals surface area (Å²) < 4.78 is 3.99. The molecule has 6 heteroatoms. The first-order valence-corrected chi connectivity index (χ1v) is 6.84. The lowest BCUT2D eigenvalue weighted by atomic mass is 10.2. The van der Waals surface area contributed by atoms with Crippen molar-refractivity contribution in [3.63, 3.8) is 0 Å². The molecular formula is C10H14N4S2. The van der Waals surface area contributed by atoms with E-state index in [1.165, 1.54) is 11.5 Å². The molecule has 0 spiro atoms. The minimum absolute atomic E-state index is 0.657. The maximum atomic E-state index is 4.26. The molecule has 16 heavy (non-hydrogen) atoms. The first-order chi connectivity index (χ1) is 7.77. The van der Waals surface area contributed by atoms with Gasteiger partial charge in [0.15, 0.2) is 0 Å². The Bertz CT molecular complexity index is 422. The van der Waals surface area contributed by atoms with Gasteiger partial charge in [0.2, 0.25) is 0 Å². The molecule has 0 fully saturated rings. The van der Waals surface area contributed by atoms with Crippen LogP contribution in [0.5, 0.6) is 0 Å².